The average Bonchev–Trinajstić information content (AvgIpc) is 3.06. The molecule has 156 valence electrons. The number of methoxy groups -OCH3 is 1. The molecule has 0 saturated carbocycles. The van der Waals surface area contributed by atoms with Gasteiger partial charge >= 0.3 is 0 Å². The van der Waals surface area contributed by atoms with Gasteiger partial charge in [0.1, 0.15) is 11.5 Å². The summed E-state index contributed by atoms with van der Waals surface area (Å²) < 4.78 is 34.8. The summed E-state index contributed by atoms with van der Waals surface area (Å²) in [6, 6.07) is 12.2. The second-order valence-corrected chi connectivity index (χ2v) is 9.77. The van der Waals surface area contributed by atoms with E-state index < -0.39 is 9.84 Å². The number of carbonyl (C=O) groups is 1. The molecule has 1 amide bonds. The second kappa shape index (κ2) is 9.05. The molecule has 1 heterocycles. The quantitative estimate of drug-likeness (QED) is 0.664. The van der Waals surface area contributed by atoms with Gasteiger partial charge in [-0.05, 0) is 54.8 Å². The van der Waals surface area contributed by atoms with Crippen molar-refractivity contribution in [3.05, 3.63) is 58.6 Å². The Kier molecular flexibility index (Phi) is 6.70. The van der Waals surface area contributed by atoms with Gasteiger partial charge in [0, 0.05) is 17.6 Å². The van der Waals surface area contributed by atoms with E-state index in [1.807, 2.05) is 31.2 Å². The third kappa shape index (κ3) is 5.64. The fourth-order valence-corrected chi connectivity index (χ4v) is 5.19. The van der Waals surface area contributed by atoms with Gasteiger partial charge in [0.2, 0.25) is 0 Å². The molecule has 0 spiro atoms. The van der Waals surface area contributed by atoms with Crippen molar-refractivity contribution in [3.8, 4) is 11.5 Å². The molecule has 1 aliphatic heterocycles. The van der Waals surface area contributed by atoms with Crippen LogP contribution in [0.4, 0.5) is 0 Å². The molecule has 1 aliphatic rings. The summed E-state index contributed by atoms with van der Waals surface area (Å²) in [4.78, 5) is 14.6. The number of rotatable bonds is 7. The lowest BCUT2D eigenvalue weighted by atomic mass is 10.1. The standard InChI is InChI=1S/C21H24ClNO5S/c1-15-10-19(6-7-20(15)22)28-13-21(24)23(17-8-9-29(25,26)14-17)12-16-4-3-5-18(11-16)27-2/h3-7,10-11,17H,8-9,12-14H2,1-2H3/t17-/m0/s1. The Labute approximate surface area is 176 Å². The molecular formula is C21H24ClNO5S. The second-order valence-electron chi connectivity index (χ2n) is 7.13. The fourth-order valence-electron chi connectivity index (χ4n) is 3.34. The van der Waals surface area contributed by atoms with Crippen LogP contribution in [0.25, 0.3) is 0 Å². The maximum atomic E-state index is 13.0. The van der Waals surface area contributed by atoms with E-state index in [1.165, 1.54) is 0 Å². The Morgan fingerprint density at radius 3 is 2.66 bits per heavy atom. The van der Waals surface area contributed by atoms with Gasteiger partial charge in [-0.1, -0.05) is 23.7 Å². The van der Waals surface area contributed by atoms with Crippen molar-refractivity contribution >= 4 is 27.3 Å². The highest BCUT2D eigenvalue weighted by Crippen LogP contribution is 2.24. The zero-order chi connectivity index (χ0) is 21.0. The van der Waals surface area contributed by atoms with E-state index in [0.717, 1.165) is 11.1 Å². The molecule has 0 aliphatic carbocycles. The van der Waals surface area contributed by atoms with Crippen molar-refractivity contribution in [2.24, 2.45) is 0 Å². The first-order valence-electron chi connectivity index (χ1n) is 9.29. The van der Waals surface area contributed by atoms with Crippen molar-refractivity contribution in [3.63, 3.8) is 0 Å². The average molecular weight is 438 g/mol. The Morgan fingerprint density at radius 1 is 1.21 bits per heavy atom. The van der Waals surface area contributed by atoms with E-state index in [-0.39, 0.29) is 30.1 Å². The number of amides is 1. The Balaban J connectivity index is 1.76. The van der Waals surface area contributed by atoms with Crippen molar-refractivity contribution in [2.75, 3.05) is 25.2 Å². The number of hydrogen-bond acceptors (Lipinski definition) is 5. The number of benzene rings is 2. The van der Waals surface area contributed by atoms with Crippen LogP contribution in [0.1, 0.15) is 17.5 Å². The highest BCUT2D eigenvalue weighted by atomic mass is 35.5. The lowest BCUT2D eigenvalue weighted by Crippen LogP contribution is -2.43. The van der Waals surface area contributed by atoms with Crippen LogP contribution in [0.3, 0.4) is 0 Å². The van der Waals surface area contributed by atoms with Gasteiger partial charge in [-0.25, -0.2) is 8.42 Å². The van der Waals surface area contributed by atoms with Crippen LogP contribution in [-0.4, -0.2) is 50.5 Å². The van der Waals surface area contributed by atoms with Crippen molar-refractivity contribution in [1.82, 2.24) is 4.90 Å². The van der Waals surface area contributed by atoms with E-state index in [1.54, 1.807) is 30.2 Å². The van der Waals surface area contributed by atoms with Crippen molar-refractivity contribution in [1.29, 1.82) is 0 Å². The molecule has 0 bridgehead atoms. The molecule has 1 atom stereocenters. The van der Waals surface area contributed by atoms with E-state index in [2.05, 4.69) is 0 Å². The van der Waals surface area contributed by atoms with Crippen LogP contribution in [0.5, 0.6) is 11.5 Å². The molecular weight excluding hydrogens is 414 g/mol. The monoisotopic (exact) mass is 437 g/mol. The Hall–Kier alpha value is -2.25. The molecule has 0 aromatic heterocycles. The third-order valence-electron chi connectivity index (χ3n) is 4.95. The summed E-state index contributed by atoms with van der Waals surface area (Å²) in [5.41, 5.74) is 1.72. The number of sulfone groups is 1. The Morgan fingerprint density at radius 2 is 2.00 bits per heavy atom. The predicted molar refractivity (Wildman–Crippen MR) is 112 cm³/mol. The molecule has 6 nitrogen and oxygen atoms in total. The first-order chi connectivity index (χ1) is 13.8. The van der Waals surface area contributed by atoms with Gasteiger partial charge in [-0.3, -0.25) is 4.79 Å². The van der Waals surface area contributed by atoms with E-state index in [4.69, 9.17) is 21.1 Å². The summed E-state index contributed by atoms with van der Waals surface area (Å²) in [6.45, 7) is 1.97. The SMILES string of the molecule is COc1cccc(CN(C(=O)COc2ccc(Cl)c(C)c2)[C@H]2CCS(=O)(=O)C2)c1. The number of carbonyl (C=O) groups excluding carboxylic acids is 1. The molecule has 3 rings (SSSR count). The molecule has 1 fully saturated rings. The van der Waals surface area contributed by atoms with Crippen molar-refractivity contribution in [2.45, 2.75) is 25.9 Å². The van der Waals surface area contributed by atoms with Crippen LogP contribution >= 0.6 is 11.6 Å². The maximum absolute atomic E-state index is 13.0. The third-order valence-corrected chi connectivity index (χ3v) is 7.12. The minimum absolute atomic E-state index is 0.0250. The maximum Gasteiger partial charge on any atom is 0.261 e. The predicted octanol–water partition coefficient (Wildman–Crippen LogP) is 3.25. The molecule has 29 heavy (non-hydrogen) atoms. The molecule has 2 aromatic carbocycles. The molecule has 8 heteroatoms. The highest BCUT2D eigenvalue weighted by Gasteiger charge is 2.34. The normalized spacial score (nSPS) is 17.7. The smallest absolute Gasteiger partial charge is 0.261 e. The number of halogens is 1. The van der Waals surface area contributed by atoms with Crippen LogP contribution in [0.15, 0.2) is 42.5 Å². The van der Waals surface area contributed by atoms with Crippen molar-refractivity contribution < 1.29 is 22.7 Å². The van der Waals surface area contributed by atoms with E-state index >= 15 is 0 Å². The zero-order valence-electron chi connectivity index (χ0n) is 16.4. The fraction of sp³-hybridized carbons (Fsp3) is 0.381. The lowest BCUT2D eigenvalue weighted by Gasteiger charge is -2.28. The van der Waals surface area contributed by atoms with Crippen LogP contribution in [-0.2, 0) is 21.2 Å². The largest absolute Gasteiger partial charge is 0.497 e. The number of nitrogens with zero attached hydrogens (tertiary/aromatic N) is 1. The minimum Gasteiger partial charge on any atom is -0.497 e. The summed E-state index contributed by atoms with van der Waals surface area (Å²) >= 11 is 6.02. The van der Waals surface area contributed by atoms with Gasteiger partial charge in [0.25, 0.3) is 5.91 Å². The lowest BCUT2D eigenvalue weighted by molar-refractivity contribution is -0.136. The van der Waals surface area contributed by atoms with Gasteiger partial charge in [-0.15, -0.1) is 0 Å². The van der Waals surface area contributed by atoms with E-state index in [0.29, 0.717) is 29.5 Å². The molecule has 0 unspecified atom stereocenters. The number of ether oxygens (including phenoxy) is 2. The van der Waals surface area contributed by atoms with Crippen LogP contribution < -0.4 is 9.47 Å². The molecule has 1 saturated heterocycles. The van der Waals surface area contributed by atoms with Crippen LogP contribution in [0, 0.1) is 6.92 Å². The summed E-state index contributed by atoms with van der Waals surface area (Å²) in [5, 5.41) is 0.625. The van der Waals surface area contributed by atoms with Gasteiger partial charge in [0.15, 0.2) is 16.4 Å². The topological polar surface area (TPSA) is 72.9 Å². The van der Waals surface area contributed by atoms with Gasteiger partial charge in [-0.2, -0.15) is 0 Å². The van der Waals surface area contributed by atoms with Gasteiger partial charge in [0.05, 0.1) is 18.6 Å². The number of hydrogen-bond donors (Lipinski definition) is 0. The number of aryl methyl sites for hydroxylation is 1. The molecule has 2 aromatic rings. The van der Waals surface area contributed by atoms with Gasteiger partial charge < -0.3 is 14.4 Å². The first kappa shape index (κ1) is 21.5. The first-order valence-corrected chi connectivity index (χ1v) is 11.5. The molecule has 0 radical (unpaired) electrons. The highest BCUT2D eigenvalue weighted by molar-refractivity contribution is 7.91. The minimum atomic E-state index is -3.13. The summed E-state index contributed by atoms with van der Waals surface area (Å²) in [6.07, 6.45) is 0.429. The molecule has 0 N–H and O–H groups in total. The van der Waals surface area contributed by atoms with Crippen LogP contribution in [0.2, 0.25) is 5.02 Å². The van der Waals surface area contributed by atoms with E-state index in [9.17, 15) is 13.2 Å². The Bertz CT molecular complexity index is 992. The zero-order valence-corrected chi connectivity index (χ0v) is 18.0. The summed E-state index contributed by atoms with van der Waals surface area (Å²) in [7, 11) is -1.55. The summed E-state index contributed by atoms with van der Waals surface area (Å²) in [5.74, 6) is 1.03.